The molecule has 0 aromatic heterocycles. The molecule has 1 fully saturated rings. The highest BCUT2D eigenvalue weighted by Gasteiger charge is 2.31. The third-order valence-corrected chi connectivity index (χ3v) is 2.72. The van der Waals surface area contributed by atoms with Crippen LogP contribution in [0.5, 0.6) is 5.75 Å². The minimum absolute atomic E-state index is 0.365. The van der Waals surface area contributed by atoms with Gasteiger partial charge in [0.25, 0.3) is 0 Å². The van der Waals surface area contributed by atoms with Crippen molar-refractivity contribution in [3.8, 4) is 5.75 Å². The highest BCUT2D eigenvalue weighted by atomic mass is 16.5. The molecule has 0 amide bonds. The van der Waals surface area contributed by atoms with Gasteiger partial charge in [-0.1, -0.05) is 12.1 Å². The predicted molar refractivity (Wildman–Crippen MR) is 59.1 cm³/mol. The third-order valence-electron chi connectivity index (χ3n) is 2.72. The molecule has 0 saturated carbocycles. The number of nitrogens with one attached hydrogen (secondary N) is 1. The Morgan fingerprint density at radius 3 is 3.07 bits per heavy atom. The van der Waals surface area contributed by atoms with Crippen LogP contribution < -0.4 is 10.1 Å². The molecule has 0 bridgehead atoms. The Hall–Kier alpha value is -1.06. The van der Waals surface area contributed by atoms with E-state index < -0.39 is 5.60 Å². The Bertz CT molecular complexity index is 332. The van der Waals surface area contributed by atoms with E-state index in [-0.39, 0.29) is 0 Å². The maximum absolute atomic E-state index is 10.0. The fourth-order valence-electron chi connectivity index (χ4n) is 1.78. The monoisotopic (exact) mass is 207 g/mol. The number of hydrogen-bond donors (Lipinski definition) is 2. The van der Waals surface area contributed by atoms with Crippen LogP contribution in [0.1, 0.15) is 12.0 Å². The SMILES string of the molecule is Cc1cccc(OCC2(O)CCNC2)c1. The molecule has 1 aliphatic rings. The van der Waals surface area contributed by atoms with Gasteiger partial charge in [-0.05, 0) is 37.6 Å². The molecule has 1 heterocycles. The van der Waals surface area contributed by atoms with E-state index in [2.05, 4.69) is 5.32 Å². The van der Waals surface area contributed by atoms with Gasteiger partial charge in [0.2, 0.25) is 0 Å². The van der Waals surface area contributed by atoms with Gasteiger partial charge in [-0.2, -0.15) is 0 Å². The number of benzene rings is 1. The van der Waals surface area contributed by atoms with E-state index in [1.807, 2.05) is 31.2 Å². The second-order valence-corrected chi connectivity index (χ2v) is 4.26. The van der Waals surface area contributed by atoms with Gasteiger partial charge >= 0.3 is 0 Å². The van der Waals surface area contributed by atoms with Crippen molar-refractivity contribution in [1.82, 2.24) is 5.32 Å². The van der Waals surface area contributed by atoms with Crippen LogP contribution in [0, 0.1) is 6.92 Å². The molecule has 2 rings (SSSR count). The number of ether oxygens (including phenoxy) is 1. The molecule has 1 aromatic carbocycles. The van der Waals surface area contributed by atoms with Gasteiger partial charge < -0.3 is 15.2 Å². The molecule has 82 valence electrons. The van der Waals surface area contributed by atoms with E-state index >= 15 is 0 Å². The summed E-state index contributed by atoms with van der Waals surface area (Å²) in [7, 11) is 0. The second kappa shape index (κ2) is 4.21. The van der Waals surface area contributed by atoms with Crippen molar-refractivity contribution in [2.75, 3.05) is 19.7 Å². The first kappa shape index (κ1) is 10.5. The number of aryl methyl sites for hydroxylation is 1. The van der Waals surface area contributed by atoms with Crippen molar-refractivity contribution < 1.29 is 9.84 Å². The third kappa shape index (κ3) is 2.70. The zero-order valence-electron chi connectivity index (χ0n) is 8.99. The number of rotatable bonds is 3. The molecular formula is C12H17NO2. The van der Waals surface area contributed by atoms with Gasteiger partial charge in [-0.25, -0.2) is 0 Å². The van der Waals surface area contributed by atoms with Crippen molar-refractivity contribution >= 4 is 0 Å². The summed E-state index contributed by atoms with van der Waals surface area (Å²) in [4.78, 5) is 0. The predicted octanol–water partition coefficient (Wildman–Crippen LogP) is 1.10. The van der Waals surface area contributed by atoms with Gasteiger partial charge in [-0.3, -0.25) is 0 Å². The highest BCUT2D eigenvalue weighted by Crippen LogP contribution is 2.18. The highest BCUT2D eigenvalue weighted by molar-refractivity contribution is 5.27. The van der Waals surface area contributed by atoms with E-state index in [9.17, 15) is 5.11 Å². The lowest BCUT2D eigenvalue weighted by Crippen LogP contribution is -2.38. The summed E-state index contributed by atoms with van der Waals surface area (Å²) in [6, 6.07) is 7.88. The van der Waals surface area contributed by atoms with Crippen LogP contribution in [0.25, 0.3) is 0 Å². The standard InChI is InChI=1S/C12H17NO2/c1-10-3-2-4-11(7-10)15-9-12(14)5-6-13-8-12/h2-4,7,13-14H,5-6,8-9H2,1H3. The van der Waals surface area contributed by atoms with Crippen LogP contribution in [0.3, 0.4) is 0 Å². The largest absolute Gasteiger partial charge is 0.491 e. The van der Waals surface area contributed by atoms with Crippen LogP contribution in [0.4, 0.5) is 0 Å². The lowest BCUT2D eigenvalue weighted by Gasteiger charge is -2.21. The van der Waals surface area contributed by atoms with Crippen molar-refractivity contribution in [3.63, 3.8) is 0 Å². The Kier molecular flexibility index (Phi) is 2.93. The number of β-amino-alcohol motifs (C(OH)–C–C–N with tert-alkyl or cyclic N) is 1. The summed E-state index contributed by atoms with van der Waals surface area (Å²) in [5, 5.41) is 13.2. The fraction of sp³-hybridized carbons (Fsp3) is 0.500. The molecule has 1 atom stereocenters. The summed E-state index contributed by atoms with van der Waals surface area (Å²) in [5.74, 6) is 0.829. The van der Waals surface area contributed by atoms with Crippen molar-refractivity contribution in [1.29, 1.82) is 0 Å². The fourth-order valence-corrected chi connectivity index (χ4v) is 1.78. The van der Waals surface area contributed by atoms with Crippen LogP contribution >= 0.6 is 0 Å². The van der Waals surface area contributed by atoms with E-state index in [1.165, 1.54) is 5.56 Å². The Morgan fingerprint density at radius 2 is 2.40 bits per heavy atom. The lowest BCUT2D eigenvalue weighted by molar-refractivity contribution is 0.0130. The Labute approximate surface area is 90.1 Å². The molecule has 3 heteroatoms. The maximum Gasteiger partial charge on any atom is 0.119 e. The van der Waals surface area contributed by atoms with Crippen LogP contribution in [-0.4, -0.2) is 30.4 Å². The van der Waals surface area contributed by atoms with Crippen molar-refractivity contribution in [3.05, 3.63) is 29.8 Å². The minimum Gasteiger partial charge on any atom is -0.491 e. The van der Waals surface area contributed by atoms with E-state index in [4.69, 9.17) is 4.74 Å². The van der Waals surface area contributed by atoms with E-state index in [1.54, 1.807) is 0 Å². The molecule has 1 saturated heterocycles. The molecule has 2 N–H and O–H groups in total. The van der Waals surface area contributed by atoms with Gasteiger partial charge in [0, 0.05) is 6.54 Å². The van der Waals surface area contributed by atoms with Gasteiger partial charge in [0.05, 0.1) is 0 Å². The zero-order valence-corrected chi connectivity index (χ0v) is 8.99. The lowest BCUT2D eigenvalue weighted by atomic mass is 10.1. The summed E-state index contributed by atoms with van der Waals surface area (Å²) in [5.41, 5.74) is 0.480. The smallest absolute Gasteiger partial charge is 0.119 e. The molecular weight excluding hydrogens is 190 g/mol. The summed E-state index contributed by atoms with van der Waals surface area (Å²) < 4.78 is 5.58. The first-order valence-electron chi connectivity index (χ1n) is 5.31. The first-order valence-corrected chi connectivity index (χ1v) is 5.31. The van der Waals surface area contributed by atoms with Crippen molar-refractivity contribution in [2.24, 2.45) is 0 Å². The molecule has 15 heavy (non-hydrogen) atoms. The van der Waals surface area contributed by atoms with Crippen molar-refractivity contribution in [2.45, 2.75) is 18.9 Å². The quantitative estimate of drug-likeness (QED) is 0.780. The molecule has 0 aliphatic carbocycles. The molecule has 1 unspecified atom stereocenters. The molecule has 1 aromatic rings. The normalized spacial score (nSPS) is 25.5. The molecule has 3 nitrogen and oxygen atoms in total. The number of aliphatic hydroxyl groups is 1. The average Bonchev–Trinajstić information content (AvgIpc) is 2.63. The Morgan fingerprint density at radius 1 is 1.53 bits per heavy atom. The molecule has 1 aliphatic heterocycles. The Balaban J connectivity index is 1.92. The van der Waals surface area contributed by atoms with E-state index in [0.717, 1.165) is 18.7 Å². The van der Waals surface area contributed by atoms with Crippen LogP contribution in [-0.2, 0) is 0 Å². The summed E-state index contributed by atoms with van der Waals surface area (Å²) in [6.07, 6.45) is 0.763. The van der Waals surface area contributed by atoms with Gasteiger partial charge in [-0.15, -0.1) is 0 Å². The topological polar surface area (TPSA) is 41.5 Å². The minimum atomic E-state index is -0.691. The molecule has 0 radical (unpaired) electrons. The molecule has 0 spiro atoms. The average molecular weight is 207 g/mol. The summed E-state index contributed by atoms with van der Waals surface area (Å²) in [6.45, 7) is 3.88. The summed E-state index contributed by atoms with van der Waals surface area (Å²) >= 11 is 0. The second-order valence-electron chi connectivity index (χ2n) is 4.26. The zero-order chi connectivity index (χ0) is 10.7. The van der Waals surface area contributed by atoms with Gasteiger partial charge in [0.15, 0.2) is 0 Å². The van der Waals surface area contributed by atoms with E-state index in [0.29, 0.717) is 13.2 Å². The van der Waals surface area contributed by atoms with Gasteiger partial charge in [0.1, 0.15) is 18.0 Å². The number of hydrogen-bond acceptors (Lipinski definition) is 3. The van der Waals surface area contributed by atoms with Crippen LogP contribution in [0.15, 0.2) is 24.3 Å². The van der Waals surface area contributed by atoms with Crippen LogP contribution in [0.2, 0.25) is 0 Å². The maximum atomic E-state index is 10.0. The first-order chi connectivity index (χ1) is 7.18.